The maximum Gasteiger partial charge on any atom is 0.257 e. The van der Waals surface area contributed by atoms with Crippen LogP contribution in [0.5, 0.6) is 11.5 Å². The smallest absolute Gasteiger partial charge is 0.257 e. The second kappa shape index (κ2) is 8.70. The van der Waals surface area contributed by atoms with E-state index in [-0.39, 0.29) is 18.0 Å². The molecule has 0 spiro atoms. The molecular weight excluding hydrogens is 346 g/mol. The number of carbonyl (C=O) groups excluding carboxylic acids is 1. The Kier molecular flexibility index (Phi) is 6.11. The predicted octanol–water partition coefficient (Wildman–Crippen LogP) is 1.50. The van der Waals surface area contributed by atoms with Crippen LogP contribution in [0.25, 0.3) is 0 Å². The SMILES string of the molecule is COc1ccc(CCNC(=O)Cn2cnc3c(c2=O)CCCC3)cc1OC. The Morgan fingerprint density at radius 1 is 1.19 bits per heavy atom. The minimum absolute atomic E-state index is 0.00888. The van der Waals surface area contributed by atoms with Gasteiger partial charge < -0.3 is 14.8 Å². The van der Waals surface area contributed by atoms with Crippen LogP contribution in [0.3, 0.4) is 0 Å². The van der Waals surface area contributed by atoms with E-state index >= 15 is 0 Å². The van der Waals surface area contributed by atoms with Gasteiger partial charge in [0.1, 0.15) is 6.54 Å². The predicted molar refractivity (Wildman–Crippen MR) is 101 cm³/mol. The fourth-order valence-electron chi connectivity index (χ4n) is 3.33. The number of carbonyl (C=O) groups is 1. The van der Waals surface area contributed by atoms with Crippen LogP contribution >= 0.6 is 0 Å². The number of nitrogens with zero attached hydrogens (tertiary/aromatic N) is 2. The molecule has 144 valence electrons. The molecule has 0 radical (unpaired) electrons. The van der Waals surface area contributed by atoms with E-state index in [2.05, 4.69) is 10.3 Å². The second-order valence-electron chi connectivity index (χ2n) is 6.60. The van der Waals surface area contributed by atoms with Crippen LogP contribution in [-0.2, 0) is 30.6 Å². The van der Waals surface area contributed by atoms with Gasteiger partial charge in [-0.25, -0.2) is 4.98 Å². The molecule has 1 aliphatic rings. The summed E-state index contributed by atoms with van der Waals surface area (Å²) in [6, 6.07) is 5.67. The maximum atomic E-state index is 12.5. The van der Waals surface area contributed by atoms with E-state index in [1.54, 1.807) is 14.2 Å². The molecule has 0 bridgehead atoms. The van der Waals surface area contributed by atoms with Crippen molar-refractivity contribution in [3.63, 3.8) is 0 Å². The van der Waals surface area contributed by atoms with Gasteiger partial charge in [-0.05, 0) is 49.8 Å². The van der Waals surface area contributed by atoms with Gasteiger partial charge in [-0.15, -0.1) is 0 Å². The van der Waals surface area contributed by atoms with Crippen molar-refractivity contribution in [2.45, 2.75) is 38.6 Å². The first-order valence-corrected chi connectivity index (χ1v) is 9.17. The van der Waals surface area contributed by atoms with Gasteiger partial charge in [-0.3, -0.25) is 14.2 Å². The van der Waals surface area contributed by atoms with Crippen LogP contribution in [0.2, 0.25) is 0 Å². The standard InChI is InChI=1S/C20H25N3O4/c1-26-17-8-7-14(11-18(17)27-2)9-10-21-19(24)12-23-13-22-16-6-4-3-5-15(16)20(23)25/h7-8,11,13H,3-6,9-10,12H2,1-2H3,(H,21,24). The summed E-state index contributed by atoms with van der Waals surface area (Å²) >= 11 is 0. The molecule has 0 atom stereocenters. The highest BCUT2D eigenvalue weighted by Gasteiger charge is 2.16. The molecule has 7 nitrogen and oxygen atoms in total. The molecule has 0 unspecified atom stereocenters. The zero-order valence-corrected chi connectivity index (χ0v) is 15.8. The lowest BCUT2D eigenvalue weighted by atomic mass is 9.97. The van der Waals surface area contributed by atoms with Crippen molar-refractivity contribution in [2.24, 2.45) is 0 Å². The van der Waals surface area contributed by atoms with Gasteiger partial charge >= 0.3 is 0 Å². The quantitative estimate of drug-likeness (QED) is 0.798. The van der Waals surface area contributed by atoms with Gasteiger partial charge in [-0.1, -0.05) is 6.07 Å². The van der Waals surface area contributed by atoms with E-state index < -0.39 is 0 Å². The molecule has 1 aromatic carbocycles. The van der Waals surface area contributed by atoms with Crippen LogP contribution in [0.15, 0.2) is 29.3 Å². The Morgan fingerprint density at radius 2 is 1.96 bits per heavy atom. The number of amides is 1. The highest BCUT2D eigenvalue weighted by atomic mass is 16.5. The fraction of sp³-hybridized carbons (Fsp3) is 0.450. The molecule has 0 saturated heterocycles. The van der Waals surface area contributed by atoms with E-state index in [1.165, 1.54) is 10.9 Å². The van der Waals surface area contributed by atoms with Crippen molar-refractivity contribution in [1.29, 1.82) is 0 Å². The maximum absolute atomic E-state index is 12.5. The number of aryl methyl sites for hydroxylation is 1. The van der Waals surface area contributed by atoms with Gasteiger partial charge in [-0.2, -0.15) is 0 Å². The van der Waals surface area contributed by atoms with Gasteiger partial charge in [0.05, 0.1) is 26.2 Å². The third-order valence-corrected chi connectivity index (χ3v) is 4.81. The molecular formula is C20H25N3O4. The van der Waals surface area contributed by atoms with E-state index in [1.807, 2.05) is 18.2 Å². The number of aromatic nitrogens is 2. The number of ether oxygens (including phenoxy) is 2. The average molecular weight is 371 g/mol. The minimum atomic E-state index is -0.199. The zero-order chi connectivity index (χ0) is 19.2. The summed E-state index contributed by atoms with van der Waals surface area (Å²) in [6.07, 6.45) is 5.82. The molecule has 2 aromatic rings. The summed E-state index contributed by atoms with van der Waals surface area (Å²) in [4.78, 5) is 29.0. The Morgan fingerprint density at radius 3 is 2.74 bits per heavy atom. The summed E-state index contributed by atoms with van der Waals surface area (Å²) in [5.41, 5.74) is 2.59. The lowest BCUT2D eigenvalue weighted by Crippen LogP contribution is -2.35. The van der Waals surface area contributed by atoms with E-state index in [4.69, 9.17) is 9.47 Å². The molecule has 27 heavy (non-hydrogen) atoms. The highest BCUT2D eigenvalue weighted by molar-refractivity contribution is 5.75. The van der Waals surface area contributed by atoms with Crippen molar-refractivity contribution >= 4 is 5.91 Å². The number of methoxy groups -OCH3 is 2. The normalized spacial score (nSPS) is 13.0. The fourth-order valence-corrected chi connectivity index (χ4v) is 3.33. The van der Waals surface area contributed by atoms with Gasteiger partial charge in [0, 0.05) is 12.1 Å². The summed E-state index contributed by atoms with van der Waals surface area (Å²) in [5, 5.41) is 2.85. The van der Waals surface area contributed by atoms with Crippen LogP contribution in [0, 0.1) is 0 Å². The monoisotopic (exact) mass is 371 g/mol. The van der Waals surface area contributed by atoms with Crippen molar-refractivity contribution in [1.82, 2.24) is 14.9 Å². The summed E-state index contributed by atoms with van der Waals surface area (Å²) in [6.45, 7) is 0.465. The molecule has 1 heterocycles. The average Bonchev–Trinajstić information content (AvgIpc) is 2.70. The minimum Gasteiger partial charge on any atom is -0.493 e. The summed E-state index contributed by atoms with van der Waals surface area (Å²) in [5.74, 6) is 1.13. The lowest BCUT2D eigenvalue weighted by Gasteiger charge is -2.15. The molecule has 1 aromatic heterocycles. The molecule has 0 fully saturated rings. The Balaban J connectivity index is 1.55. The van der Waals surface area contributed by atoms with E-state index in [0.29, 0.717) is 24.5 Å². The number of fused-ring (bicyclic) bond motifs is 1. The molecule has 1 amide bonds. The highest BCUT2D eigenvalue weighted by Crippen LogP contribution is 2.27. The number of rotatable bonds is 7. The number of hydrogen-bond donors (Lipinski definition) is 1. The van der Waals surface area contributed by atoms with Crippen LogP contribution in [-0.4, -0.2) is 36.2 Å². The van der Waals surface area contributed by atoms with Crippen molar-refractivity contribution in [2.75, 3.05) is 20.8 Å². The Bertz CT molecular complexity index is 876. The van der Waals surface area contributed by atoms with Crippen molar-refractivity contribution in [3.05, 3.63) is 51.7 Å². The third-order valence-electron chi connectivity index (χ3n) is 4.81. The van der Waals surface area contributed by atoms with Crippen LogP contribution in [0.4, 0.5) is 0 Å². The number of nitrogens with one attached hydrogen (secondary N) is 1. The topological polar surface area (TPSA) is 82.5 Å². The Hall–Kier alpha value is -2.83. The molecule has 0 aliphatic heterocycles. The molecule has 1 N–H and O–H groups in total. The van der Waals surface area contributed by atoms with Crippen molar-refractivity contribution < 1.29 is 14.3 Å². The van der Waals surface area contributed by atoms with Crippen LogP contribution < -0.4 is 20.3 Å². The first kappa shape index (κ1) is 18.9. The van der Waals surface area contributed by atoms with E-state index in [9.17, 15) is 9.59 Å². The zero-order valence-electron chi connectivity index (χ0n) is 15.8. The van der Waals surface area contributed by atoms with Crippen molar-refractivity contribution in [3.8, 4) is 11.5 Å². The first-order valence-electron chi connectivity index (χ1n) is 9.17. The molecule has 7 heteroatoms. The summed E-state index contributed by atoms with van der Waals surface area (Å²) in [7, 11) is 3.18. The third kappa shape index (κ3) is 4.48. The number of benzene rings is 1. The van der Waals surface area contributed by atoms with E-state index in [0.717, 1.165) is 42.5 Å². The molecule has 0 saturated carbocycles. The molecule has 1 aliphatic carbocycles. The van der Waals surface area contributed by atoms with Gasteiger partial charge in [0.2, 0.25) is 5.91 Å². The molecule has 3 rings (SSSR count). The largest absolute Gasteiger partial charge is 0.493 e. The van der Waals surface area contributed by atoms with Crippen LogP contribution in [0.1, 0.15) is 29.7 Å². The lowest BCUT2D eigenvalue weighted by molar-refractivity contribution is -0.121. The number of hydrogen-bond acceptors (Lipinski definition) is 5. The van der Waals surface area contributed by atoms with Gasteiger partial charge in [0.15, 0.2) is 11.5 Å². The first-order chi connectivity index (χ1) is 13.1. The Labute approximate surface area is 158 Å². The second-order valence-corrected chi connectivity index (χ2v) is 6.60. The summed E-state index contributed by atoms with van der Waals surface area (Å²) < 4.78 is 11.9. The van der Waals surface area contributed by atoms with Gasteiger partial charge in [0.25, 0.3) is 5.56 Å².